The number of ether oxygens (including phenoxy) is 1. The number of fused-ring (bicyclic) bond motifs is 1. The molecule has 1 amide bonds. The Labute approximate surface area is 203 Å². The summed E-state index contributed by atoms with van der Waals surface area (Å²) in [5, 5.41) is 5.95. The standard InChI is InChI=1S/C24H29N5O2S2/c1-25-11-10-20(21-5-4-14-33-21)31-18-8-6-17(7-9-18)16-29-13-12-28(2)22-19(23(29)30)15-26-24(27-22)32-3/h4-9,14-15,20,25H,10-13,16H2,1-3H3/t20-/m0/s1. The molecule has 4 rings (SSSR count). The van der Waals surface area contributed by atoms with Crippen molar-refractivity contribution < 1.29 is 9.53 Å². The topological polar surface area (TPSA) is 70.6 Å². The highest BCUT2D eigenvalue weighted by molar-refractivity contribution is 7.98. The van der Waals surface area contributed by atoms with Crippen LogP contribution in [0, 0.1) is 0 Å². The molecule has 0 unspecified atom stereocenters. The van der Waals surface area contributed by atoms with E-state index in [2.05, 4.69) is 32.8 Å². The molecule has 174 valence electrons. The van der Waals surface area contributed by atoms with Gasteiger partial charge in [0.15, 0.2) is 5.16 Å². The van der Waals surface area contributed by atoms with Crippen LogP contribution in [0.3, 0.4) is 0 Å². The van der Waals surface area contributed by atoms with Crippen LogP contribution in [0.2, 0.25) is 0 Å². The maximum Gasteiger partial charge on any atom is 0.259 e. The van der Waals surface area contributed by atoms with Gasteiger partial charge in [0.2, 0.25) is 0 Å². The van der Waals surface area contributed by atoms with Crippen LogP contribution in [0.15, 0.2) is 53.1 Å². The third kappa shape index (κ3) is 5.66. The highest BCUT2D eigenvalue weighted by Gasteiger charge is 2.27. The molecule has 7 nitrogen and oxygen atoms in total. The molecule has 2 aromatic heterocycles. The molecule has 0 bridgehead atoms. The van der Waals surface area contributed by atoms with Crippen LogP contribution < -0.4 is 15.0 Å². The largest absolute Gasteiger partial charge is 0.485 e. The second-order valence-electron chi connectivity index (χ2n) is 7.90. The molecule has 1 atom stereocenters. The molecule has 0 fully saturated rings. The highest BCUT2D eigenvalue weighted by Crippen LogP contribution is 2.29. The van der Waals surface area contributed by atoms with Gasteiger partial charge in [-0.1, -0.05) is 30.0 Å². The number of amides is 1. The van der Waals surface area contributed by atoms with Gasteiger partial charge < -0.3 is 19.9 Å². The summed E-state index contributed by atoms with van der Waals surface area (Å²) in [7, 11) is 3.92. The smallest absolute Gasteiger partial charge is 0.259 e. The average molecular weight is 484 g/mol. The monoisotopic (exact) mass is 483 g/mol. The fourth-order valence-corrected chi connectivity index (χ4v) is 4.89. The number of nitrogens with zero attached hydrogens (tertiary/aromatic N) is 4. The Balaban J connectivity index is 1.45. The molecule has 1 N–H and O–H groups in total. The third-order valence-electron chi connectivity index (χ3n) is 5.61. The maximum atomic E-state index is 13.2. The second-order valence-corrected chi connectivity index (χ2v) is 9.65. The summed E-state index contributed by atoms with van der Waals surface area (Å²) in [6, 6.07) is 12.2. The van der Waals surface area contributed by atoms with E-state index in [1.54, 1.807) is 17.5 Å². The fourth-order valence-electron chi connectivity index (χ4n) is 3.76. The number of hydrogen-bond acceptors (Lipinski definition) is 8. The first kappa shape index (κ1) is 23.5. The van der Waals surface area contributed by atoms with Crippen molar-refractivity contribution in [3.05, 3.63) is 64.0 Å². The van der Waals surface area contributed by atoms with E-state index in [1.807, 2.05) is 54.4 Å². The number of thiophene rings is 1. The molecule has 9 heteroatoms. The van der Waals surface area contributed by atoms with E-state index in [-0.39, 0.29) is 12.0 Å². The van der Waals surface area contributed by atoms with Gasteiger partial charge in [-0.2, -0.15) is 0 Å². The van der Waals surface area contributed by atoms with Crippen LogP contribution in [0.25, 0.3) is 0 Å². The molecule has 0 spiro atoms. The lowest BCUT2D eigenvalue weighted by Crippen LogP contribution is -2.33. The number of benzene rings is 1. The minimum absolute atomic E-state index is 0.0219. The first-order chi connectivity index (χ1) is 16.1. The zero-order chi connectivity index (χ0) is 23.2. The number of carbonyl (C=O) groups excluding carboxylic acids is 1. The molecule has 3 heterocycles. The van der Waals surface area contributed by atoms with Crippen molar-refractivity contribution in [2.45, 2.75) is 24.2 Å². The van der Waals surface area contributed by atoms with Gasteiger partial charge in [-0.3, -0.25) is 4.79 Å². The Morgan fingerprint density at radius 2 is 2.06 bits per heavy atom. The Bertz CT molecular complexity index is 1060. The number of anilines is 1. The van der Waals surface area contributed by atoms with Crippen LogP contribution in [0.1, 0.15) is 33.3 Å². The van der Waals surface area contributed by atoms with Gasteiger partial charge in [0.25, 0.3) is 5.91 Å². The van der Waals surface area contributed by atoms with Crippen molar-refractivity contribution in [3.63, 3.8) is 0 Å². The summed E-state index contributed by atoms with van der Waals surface area (Å²) in [6.45, 7) is 2.77. The Hall–Kier alpha value is -2.62. The van der Waals surface area contributed by atoms with Gasteiger partial charge in [0, 0.05) is 44.2 Å². The summed E-state index contributed by atoms with van der Waals surface area (Å²) in [6.07, 6.45) is 4.50. The summed E-state index contributed by atoms with van der Waals surface area (Å²) in [4.78, 5) is 27.2. The molecular weight excluding hydrogens is 454 g/mol. The van der Waals surface area contributed by atoms with E-state index in [9.17, 15) is 4.79 Å². The predicted octanol–water partition coefficient (Wildman–Crippen LogP) is 4.08. The first-order valence-electron chi connectivity index (χ1n) is 10.9. The maximum absolute atomic E-state index is 13.2. The molecule has 0 radical (unpaired) electrons. The lowest BCUT2D eigenvalue weighted by atomic mass is 10.1. The Morgan fingerprint density at radius 1 is 1.24 bits per heavy atom. The molecule has 1 aliphatic heterocycles. The van der Waals surface area contributed by atoms with Gasteiger partial charge in [0.1, 0.15) is 23.2 Å². The Morgan fingerprint density at radius 3 is 2.76 bits per heavy atom. The third-order valence-corrected chi connectivity index (χ3v) is 7.13. The lowest BCUT2D eigenvalue weighted by Gasteiger charge is -2.22. The number of nitrogens with one attached hydrogen (secondary N) is 1. The number of carbonyl (C=O) groups is 1. The van der Waals surface area contributed by atoms with Crippen molar-refractivity contribution in [2.24, 2.45) is 0 Å². The van der Waals surface area contributed by atoms with Crippen molar-refractivity contribution in [2.75, 3.05) is 44.9 Å². The molecule has 1 aliphatic rings. The van der Waals surface area contributed by atoms with Gasteiger partial charge in [-0.05, 0) is 49.0 Å². The van der Waals surface area contributed by atoms with E-state index in [4.69, 9.17) is 4.74 Å². The van der Waals surface area contributed by atoms with Crippen molar-refractivity contribution in [1.82, 2.24) is 20.2 Å². The number of thioether (sulfide) groups is 1. The SMILES string of the molecule is CNCC[C@H](Oc1ccc(CN2CCN(C)c3nc(SC)ncc3C2=O)cc1)c1cccs1. The number of aromatic nitrogens is 2. The molecule has 1 aromatic carbocycles. The zero-order valence-electron chi connectivity index (χ0n) is 19.2. The van der Waals surface area contributed by atoms with E-state index in [0.717, 1.165) is 30.8 Å². The van der Waals surface area contributed by atoms with Crippen LogP contribution in [0.4, 0.5) is 5.82 Å². The van der Waals surface area contributed by atoms with Crippen LogP contribution in [-0.4, -0.2) is 60.8 Å². The molecule has 0 saturated heterocycles. The van der Waals surface area contributed by atoms with E-state index in [0.29, 0.717) is 29.6 Å². The van der Waals surface area contributed by atoms with Gasteiger partial charge >= 0.3 is 0 Å². The van der Waals surface area contributed by atoms with Crippen molar-refractivity contribution >= 4 is 34.8 Å². The van der Waals surface area contributed by atoms with Crippen LogP contribution in [-0.2, 0) is 6.54 Å². The number of likely N-dealkylation sites (N-methyl/N-ethyl adjacent to an activating group) is 1. The zero-order valence-corrected chi connectivity index (χ0v) is 20.8. The molecule has 33 heavy (non-hydrogen) atoms. The summed E-state index contributed by atoms with van der Waals surface area (Å²) < 4.78 is 6.29. The van der Waals surface area contributed by atoms with E-state index in [1.165, 1.54) is 16.6 Å². The predicted molar refractivity (Wildman–Crippen MR) is 134 cm³/mol. The van der Waals surface area contributed by atoms with Crippen molar-refractivity contribution in [3.8, 4) is 5.75 Å². The molecule has 0 aliphatic carbocycles. The van der Waals surface area contributed by atoms with Crippen LogP contribution in [0.5, 0.6) is 5.75 Å². The fraction of sp³-hybridized carbons (Fsp3) is 0.375. The van der Waals surface area contributed by atoms with Crippen LogP contribution >= 0.6 is 23.1 Å². The second kappa shape index (κ2) is 11.0. The van der Waals surface area contributed by atoms with E-state index < -0.39 is 0 Å². The average Bonchev–Trinajstić information content (AvgIpc) is 3.35. The number of hydrogen-bond donors (Lipinski definition) is 1. The molecule has 0 saturated carbocycles. The normalized spacial score (nSPS) is 14.7. The Kier molecular flexibility index (Phi) is 7.85. The summed E-state index contributed by atoms with van der Waals surface area (Å²) >= 11 is 3.19. The van der Waals surface area contributed by atoms with Gasteiger partial charge in [0.05, 0.1) is 0 Å². The number of rotatable bonds is 9. The van der Waals surface area contributed by atoms with E-state index >= 15 is 0 Å². The molecule has 3 aromatic rings. The van der Waals surface area contributed by atoms with Crippen molar-refractivity contribution in [1.29, 1.82) is 0 Å². The minimum atomic E-state index is -0.0350. The summed E-state index contributed by atoms with van der Waals surface area (Å²) in [5.74, 6) is 1.50. The highest BCUT2D eigenvalue weighted by atomic mass is 32.2. The molecular formula is C24H29N5O2S2. The quantitative estimate of drug-likeness (QED) is 0.363. The van der Waals surface area contributed by atoms with Gasteiger partial charge in [-0.15, -0.1) is 11.3 Å². The summed E-state index contributed by atoms with van der Waals surface area (Å²) in [5.41, 5.74) is 1.61. The minimum Gasteiger partial charge on any atom is -0.485 e. The van der Waals surface area contributed by atoms with Gasteiger partial charge in [-0.25, -0.2) is 9.97 Å². The lowest BCUT2D eigenvalue weighted by molar-refractivity contribution is 0.0754. The first-order valence-corrected chi connectivity index (χ1v) is 13.0.